The minimum absolute atomic E-state index is 0.246. The molecular weight excluding hydrogens is 254 g/mol. The highest BCUT2D eigenvalue weighted by Crippen LogP contribution is 2.35. The smallest absolute Gasteiger partial charge is 0.231 e. The maximum absolute atomic E-state index is 5.83. The minimum atomic E-state index is 0.246. The van der Waals surface area contributed by atoms with E-state index in [4.69, 9.17) is 26.8 Å². The van der Waals surface area contributed by atoms with E-state index in [1.54, 1.807) is 12.1 Å². The predicted octanol–water partition coefficient (Wildman–Crippen LogP) is 2.79. The van der Waals surface area contributed by atoms with Crippen LogP contribution in [0.25, 0.3) is 0 Å². The monoisotopic (exact) mass is 263 g/mol. The van der Waals surface area contributed by atoms with Crippen molar-refractivity contribution in [2.75, 3.05) is 17.8 Å². The summed E-state index contributed by atoms with van der Waals surface area (Å²) < 4.78 is 10.5. The van der Waals surface area contributed by atoms with E-state index in [9.17, 15) is 0 Å². The van der Waals surface area contributed by atoms with Crippen LogP contribution in [0.4, 0.5) is 17.2 Å². The first-order chi connectivity index (χ1) is 8.72. The van der Waals surface area contributed by atoms with E-state index >= 15 is 0 Å². The Labute approximate surface area is 108 Å². The summed E-state index contributed by atoms with van der Waals surface area (Å²) in [6.45, 7) is 0.246. The first kappa shape index (κ1) is 11.0. The van der Waals surface area contributed by atoms with Crippen molar-refractivity contribution in [3.05, 3.63) is 35.5 Å². The molecule has 0 bridgehead atoms. The molecule has 0 saturated heterocycles. The van der Waals surface area contributed by atoms with E-state index in [1.807, 2.05) is 18.2 Å². The lowest BCUT2D eigenvalue weighted by molar-refractivity contribution is 0.174. The average Bonchev–Trinajstić information content (AvgIpc) is 2.81. The number of hydrogen-bond acceptors (Lipinski definition) is 5. The van der Waals surface area contributed by atoms with Crippen molar-refractivity contribution >= 4 is 28.8 Å². The van der Waals surface area contributed by atoms with Crippen molar-refractivity contribution in [1.82, 2.24) is 4.98 Å². The van der Waals surface area contributed by atoms with Gasteiger partial charge in [0.1, 0.15) is 5.15 Å². The summed E-state index contributed by atoms with van der Waals surface area (Å²) in [5.74, 6) is 1.94. The molecule has 2 heterocycles. The van der Waals surface area contributed by atoms with Gasteiger partial charge >= 0.3 is 0 Å². The second-order valence-corrected chi connectivity index (χ2v) is 4.15. The molecule has 0 aliphatic carbocycles. The SMILES string of the molecule is Nc1ccc(Cl)nc1Nc1ccc2c(c1)OCO2. The van der Waals surface area contributed by atoms with Crippen LogP contribution in [0.15, 0.2) is 30.3 Å². The van der Waals surface area contributed by atoms with Crippen LogP contribution in [-0.2, 0) is 0 Å². The Kier molecular flexibility index (Phi) is 2.60. The molecule has 0 saturated carbocycles. The molecule has 0 spiro atoms. The molecule has 0 atom stereocenters. The molecule has 5 nitrogen and oxygen atoms in total. The molecule has 92 valence electrons. The van der Waals surface area contributed by atoms with E-state index in [0.29, 0.717) is 22.4 Å². The molecule has 18 heavy (non-hydrogen) atoms. The van der Waals surface area contributed by atoms with Gasteiger partial charge in [-0.1, -0.05) is 11.6 Å². The molecule has 6 heteroatoms. The van der Waals surface area contributed by atoms with Gasteiger partial charge in [-0.15, -0.1) is 0 Å². The molecule has 0 radical (unpaired) electrons. The Bertz CT molecular complexity index is 604. The van der Waals surface area contributed by atoms with Crippen molar-refractivity contribution < 1.29 is 9.47 Å². The molecule has 1 aliphatic rings. The van der Waals surface area contributed by atoms with Gasteiger partial charge in [-0.2, -0.15) is 0 Å². The summed E-state index contributed by atoms with van der Waals surface area (Å²) in [4.78, 5) is 4.12. The van der Waals surface area contributed by atoms with Gasteiger partial charge in [0.05, 0.1) is 5.69 Å². The third-order valence-corrected chi connectivity index (χ3v) is 2.74. The summed E-state index contributed by atoms with van der Waals surface area (Å²) in [6, 6.07) is 8.84. The first-order valence-electron chi connectivity index (χ1n) is 5.31. The maximum Gasteiger partial charge on any atom is 0.231 e. The number of nitrogen functional groups attached to an aromatic ring is 1. The van der Waals surface area contributed by atoms with E-state index < -0.39 is 0 Å². The molecule has 1 aliphatic heterocycles. The van der Waals surface area contributed by atoms with Crippen LogP contribution in [-0.4, -0.2) is 11.8 Å². The van der Waals surface area contributed by atoms with Crippen LogP contribution in [0.1, 0.15) is 0 Å². The first-order valence-corrected chi connectivity index (χ1v) is 5.69. The zero-order valence-electron chi connectivity index (χ0n) is 9.31. The molecule has 3 N–H and O–H groups in total. The Morgan fingerprint density at radius 2 is 2.00 bits per heavy atom. The fourth-order valence-corrected chi connectivity index (χ4v) is 1.80. The summed E-state index contributed by atoms with van der Waals surface area (Å²) in [7, 11) is 0. The van der Waals surface area contributed by atoms with E-state index in [1.165, 1.54) is 0 Å². The van der Waals surface area contributed by atoms with Gasteiger partial charge in [-0.25, -0.2) is 4.98 Å². The molecule has 1 aromatic carbocycles. The quantitative estimate of drug-likeness (QED) is 0.816. The number of anilines is 3. The number of halogens is 1. The number of rotatable bonds is 2. The van der Waals surface area contributed by atoms with E-state index in [0.717, 1.165) is 11.4 Å². The molecule has 0 unspecified atom stereocenters. The van der Waals surface area contributed by atoms with Gasteiger partial charge in [0.2, 0.25) is 6.79 Å². The number of nitrogens with one attached hydrogen (secondary N) is 1. The van der Waals surface area contributed by atoms with Gasteiger partial charge in [0.25, 0.3) is 0 Å². The number of aromatic nitrogens is 1. The van der Waals surface area contributed by atoms with Gasteiger partial charge in [0.15, 0.2) is 17.3 Å². The summed E-state index contributed by atoms with van der Waals surface area (Å²) in [5, 5.41) is 3.47. The Morgan fingerprint density at radius 3 is 2.89 bits per heavy atom. The Hall–Kier alpha value is -2.14. The van der Waals surface area contributed by atoms with Crippen LogP contribution in [0.3, 0.4) is 0 Å². The normalized spacial score (nSPS) is 12.5. The molecule has 1 aromatic heterocycles. The number of fused-ring (bicyclic) bond motifs is 1. The van der Waals surface area contributed by atoms with Gasteiger partial charge in [-0.05, 0) is 24.3 Å². The summed E-state index contributed by atoms with van der Waals surface area (Å²) in [6.07, 6.45) is 0. The number of hydrogen-bond donors (Lipinski definition) is 2. The highest BCUT2D eigenvalue weighted by atomic mass is 35.5. The number of pyridine rings is 1. The zero-order valence-corrected chi connectivity index (χ0v) is 10.1. The Morgan fingerprint density at radius 1 is 1.17 bits per heavy atom. The second-order valence-electron chi connectivity index (χ2n) is 3.76. The van der Waals surface area contributed by atoms with Gasteiger partial charge < -0.3 is 20.5 Å². The maximum atomic E-state index is 5.83. The summed E-state index contributed by atoms with van der Waals surface area (Å²) >= 11 is 5.83. The van der Waals surface area contributed by atoms with Crippen LogP contribution < -0.4 is 20.5 Å². The van der Waals surface area contributed by atoms with Crippen molar-refractivity contribution in [2.24, 2.45) is 0 Å². The third kappa shape index (κ3) is 2.00. The third-order valence-electron chi connectivity index (χ3n) is 2.53. The number of nitrogens with two attached hydrogens (primary N) is 1. The second kappa shape index (κ2) is 4.27. The standard InChI is InChI=1S/C12H10ClN3O2/c13-11-4-2-8(14)12(16-11)15-7-1-3-9-10(5-7)18-6-17-9/h1-5H,6,14H2,(H,15,16). The van der Waals surface area contributed by atoms with Crippen LogP contribution in [0, 0.1) is 0 Å². The van der Waals surface area contributed by atoms with Gasteiger partial charge in [-0.3, -0.25) is 0 Å². The fraction of sp³-hybridized carbons (Fsp3) is 0.0833. The summed E-state index contributed by atoms with van der Waals surface area (Å²) in [5.41, 5.74) is 7.14. The lowest BCUT2D eigenvalue weighted by atomic mass is 10.2. The van der Waals surface area contributed by atoms with Crippen molar-refractivity contribution in [3.8, 4) is 11.5 Å². The molecule has 0 fully saturated rings. The minimum Gasteiger partial charge on any atom is -0.454 e. The number of nitrogens with zero attached hydrogens (tertiary/aromatic N) is 1. The average molecular weight is 264 g/mol. The molecular formula is C12H10ClN3O2. The highest BCUT2D eigenvalue weighted by molar-refractivity contribution is 6.29. The topological polar surface area (TPSA) is 69.4 Å². The van der Waals surface area contributed by atoms with E-state index in [2.05, 4.69) is 10.3 Å². The van der Waals surface area contributed by atoms with Crippen LogP contribution in [0.5, 0.6) is 11.5 Å². The zero-order chi connectivity index (χ0) is 12.5. The van der Waals surface area contributed by atoms with E-state index in [-0.39, 0.29) is 6.79 Å². The van der Waals surface area contributed by atoms with Gasteiger partial charge in [0, 0.05) is 11.8 Å². The van der Waals surface area contributed by atoms with Crippen molar-refractivity contribution in [2.45, 2.75) is 0 Å². The lowest BCUT2D eigenvalue weighted by Gasteiger charge is -2.09. The van der Waals surface area contributed by atoms with Crippen molar-refractivity contribution in [1.29, 1.82) is 0 Å². The predicted molar refractivity (Wildman–Crippen MR) is 69.5 cm³/mol. The fourth-order valence-electron chi connectivity index (χ4n) is 1.66. The highest BCUT2D eigenvalue weighted by Gasteiger charge is 2.13. The number of ether oxygens (including phenoxy) is 2. The largest absolute Gasteiger partial charge is 0.454 e. The van der Waals surface area contributed by atoms with Crippen LogP contribution >= 0.6 is 11.6 Å². The molecule has 3 rings (SSSR count). The van der Waals surface area contributed by atoms with Crippen molar-refractivity contribution in [3.63, 3.8) is 0 Å². The number of benzene rings is 1. The molecule has 2 aromatic rings. The lowest BCUT2D eigenvalue weighted by Crippen LogP contribution is -1.99. The Balaban J connectivity index is 1.90. The van der Waals surface area contributed by atoms with Crippen LogP contribution in [0.2, 0.25) is 5.15 Å². The molecule has 0 amide bonds.